The molecule has 4 N–H and O–H groups in total. The second kappa shape index (κ2) is 5.40. The van der Waals surface area contributed by atoms with Crippen LogP contribution >= 0.6 is 0 Å². The number of aliphatic hydroxyl groups is 3. The van der Waals surface area contributed by atoms with Crippen LogP contribution in [-0.4, -0.2) is 66.1 Å². The molecule has 0 aromatic heterocycles. The summed E-state index contributed by atoms with van der Waals surface area (Å²) in [5, 5.41) is 29.1. The number of ether oxygens (including phenoxy) is 1. The molecule has 1 fully saturated rings. The minimum atomic E-state index is -3.57. The second-order valence-corrected chi connectivity index (χ2v) is 7.23. The molecule has 0 aromatic rings. The maximum absolute atomic E-state index is 11.6. The molecule has 7 nitrogen and oxygen atoms in total. The third-order valence-electron chi connectivity index (χ3n) is 3.23. The lowest BCUT2D eigenvalue weighted by Gasteiger charge is -2.43. The Kier molecular flexibility index (Phi) is 4.74. The molecule has 108 valence electrons. The van der Waals surface area contributed by atoms with Crippen LogP contribution in [0.5, 0.6) is 0 Å². The van der Waals surface area contributed by atoms with Crippen LogP contribution in [0.2, 0.25) is 0 Å². The van der Waals surface area contributed by atoms with Gasteiger partial charge in [0, 0.05) is 6.54 Å². The number of rotatable bonds is 4. The summed E-state index contributed by atoms with van der Waals surface area (Å²) in [6.45, 7) is 3.91. The van der Waals surface area contributed by atoms with Crippen molar-refractivity contribution in [1.29, 1.82) is 0 Å². The Labute approximate surface area is 107 Å². The standard InChI is InChI=1S/C10H21NO6S/c1-6(2)18(15,16)11-5-10(14)8(12)4-17-7(3)9(10)13/h6-9,11-14H,4-5H2,1-3H3/t7?,8-,9?,10-/m1/s1. The van der Waals surface area contributed by atoms with Gasteiger partial charge in [0.05, 0.1) is 18.0 Å². The monoisotopic (exact) mass is 283 g/mol. The first-order valence-electron chi connectivity index (χ1n) is 5.80. The third-order valence-corrected chi connectivity index (χ3v) is 5.02. The summed E-state index contributed by atoms with van der Waals surface area (Å²) in [6, 6.07) is 0. The minimum absolute atomic E-state index is 0.155. The first-order valence-corrected chi connectivity index (χ1v) is 7.34. The van der Waals surface area contributed by atoms with E-state index in [4.69, 9.17) is 4.74 Å². The van der Waals surface area contributed by atoms with E-state index in [1.54, 1.807) is 6.92 Å². The van der Waals surface area contributed by atoms with Gasteiger partial charge in [-0.3, -0.25) is 0 Å². The van der Waals surface area contributed by atoms with E-state index in [-0.39, 0.29) is 6.61 Å². The molecule has 2 unspecified atom stereocenters. The van der Waals surface area contributed by atoms with Crippen molar-refractivity contribution in [2.45, 2.75) is 49.9 Å². The highest BCUT2D eigenvalue weighted by Crippen LogP contribution is 2.25. The van der Waals surface area contributed by atoms with Gasteiger partial charge in [-0.05, 0) is 20.8 Å². The molecule has 4 atom stereocenters. The van der Waals surface area contributed by atoms with Crippen molar-refractivity contribution in [3.8, 4) is 0 Å². The van der Waals surface area contributed by atoms with Crippen LogP contribution in [0, 0.1) is 0 Å². The highest BCUT2D eigenvalue weighted by atomic mass is 32.2. The van der Waals surface area contributed by atoms with Crippen molar-refractivity contribution < 1.29 is 28.5 Å². The minimum Gasteiger partial charge on any atom is -0.388 e. The van der Waals surface area contributed by atoms with E-state index < -0.39 is 45.7 Å². The second-order valence-electron chi connectivity index (χ2n) is 4.91. The molecule has 18 heavy (non-hydrogen) atoms. The summed E-state index contributed by atoms with van der Waals surface area (Å²) in [5.41, 5.74) is -1.94. The Balaban J connectivity index is 2.80. The molecule has 1 aliphatic heterocycles. The van der Waals surface area contributed by atoms with Gasteiger partial charge < -0.3 is 20.1 Å². The lowest BCUT2D eigenvalue weighted by molar-refractivity contribution is -0.234. The summed E-state index contributed by atoms with van der Waals surface area (Å²) in [4.78, 5) is 0. The van der Waals surface area contributed by atoms with E-state index in [1.165, 1.54) is 13.8 Å². The van der Waals surface area contributed by atoms with Gasteiger partial charge in [-0.1, -0.05) is 0 Å². The van der Waals surface area contributed by atoms with E-state index in [2.05, 4.69) is 4.72 Å². The van der Waals surface area contributed by atoms with Crippen LogP contribution < -0.4 is 4.72 Å². The first kappa shape index (κ1) is 15.8. The molecule has 0 amide bonds. The fourth-order valence-corrected chi connectivity index (χ4v) is 2.45. The van der Waals surface area contributed by atoms with Crippen molar-refractivity contribution >= 4 is 10.0 Å². The zero-order valence-electron chi connectivity index (χ0n) is 10.7. The number of hydrogen-bond acceptors (Lipinski definition) is 6. The van der Waals surface area contributed by atoms with E-state index in [0.717, 1.165) is 0 Å². The van der Waals surface area contributed by atoms with Crippen molar-refractivity contribution in [1.82, 2.24) is 4.72 Å². The third kappa shape index (κ3) is 3.01. The van der Waals surface area contributed by atoms with Gasteiger partial charge in [0.15, 0.2) is 0 Å². The molecule has 1 aliphatic rings. The summed E-state index contributed by atoms with van der Waals surface area (Å²) in [6.07, 6.45) is -3.39. The summed E-state index contributed by atoms with van der Waals surface area (Å²) >= 11 is 0. The molecule has 1 saturated heterocycles. The summed E-state index contributed by atoms with van der Waals surface area (Å²) in [5.74, 6) is 0. The average molecular weight is 283 g/mol. The highest BCUT2D eigenvalue weighted by Gasteiger charge is 2.49. The number of sulfonamides is 1. The van der Waals surface area contributed by atoms with Crippen LogP contribution in [0.1, 0.15) is 20.8 Å². The summed E-state index contributed by atoms with van der Waals surface area (Å²) in [7, 11) is -3.57. The molecule has 8 heteroatoms. The predicted octanol–water partition coefficient (Wildman–Crippen LogP) is -1.81. The van der Waals surface area contributed by atoms with Gasteiger partial charge in [-0.15, -0.1) is 0 Å². The van der Waals surface area contributed by atoms with Gasteiger partial charge in [0.2, 0.25) is 10.0 Å². The number of nitrogens with one attached hydrogen (secondary N) is 1. The lowest BCUT2D eigenvalue weighted by Crippen LogP contribution is -2.66. The zero-order valence-corrected chi connectivity index (χ0v) is 11.5. The Morgan fingerprint density at radius 2 is 2.00 bits per heavy atom. The maximum Gasteiger partial charge on any atom is 0.214 e. The van der Waals surface area contributed by atoms with Crippen molar-refractivity contribution in [3.63, 3.8) is 0 Å². The van der Waals surface area contributed by atoms with Gasteiger partial charge >= 0.3 is 0 Å². The predicted molar refractivity (Wildman–Crippen MR) is 64.4 cm³/mol. The molecule has 0 spiro atoms. The molecule has 0 aromatic carbocycles. The van der Waals surface area contributed by atoms with Crippen LogP contribution in [0.4, 0.5) is 0 Å². The molecule has 0 aliphatic carbocycles. The largest absolute Gasteiger partial charge is 0.388 e. The van der Waals surface area contributed by atoms with Crippen LogP contribution in [0.25, 0.3) is 0 Å². The van der Waals surface area contributed by atoms with Crippen LogP contribution in [-0.2, 0) is 14.8 Å². The molecular weight excluding hydrogens is 262 g/mol. The summed E-state index contributed by atoms with van der Waals surface area (Å²) < 4.78 is 30.4. The normalized spacial score (nSPS) is 38.1. The Morgan fingerprint density at radius 1 is 1.44 bits per heavy atom. The van der Waals surface area contributed by atoms with Crippen molar-refractivity contribution in [3.05, 3.63) is 0 Å². The van der Waals surface area contributed by atoms with Gasteiger partial charge in [0.1, 0.15) is 17.8 Å². The van der Waals surface area contributed by atoms with E-state index in [9.17, 15) is 23.7 Å². The molecule has 1 heterocycles. The van der Waals surface area contributed by atoms with E-state index in [1.807, 2.05) is 0 Å². The van der Waals surface area contributed by atoms with E-state index in [0.29, 0.717) is 0 Å². The van der Waals surface area contributed by atoms with E-state index >= 15 is 0 Å². The Morgan fingerprint density at radius 3 is 2.50 bits per heavy atom. The molecule has 0 radical (unpaired) electrons. The lowest BCUT2D eigenvalue weighted by atomic mass is 9.85. The van der Waals surface area contributed by atoms with Crippen molar-refractivity contribution in [2.24, 2.45) is 0 Å². The number of hydrogen-bond donors (Lipinski definition) is 4. The SMILES string of the molecule is CC1OC[C@@H](O)[C@](O)(CNS(=O)(=O)C(C)C)C1O. The topological polar surface area (TPSA) is 116 Å². The smallest absolute Gasteiger partial charge is 0.214 e. The van der Waals surface area contributed by atoms with Crippen molar-refractivity contribution in [2.75, 3.05) is 13.2 Å². The Hall–Kier alpha value is -0.250. The van der Waals surface area contributed by atoms with Crippen LogP contribution in [0.3, 0.4) is 0 Å². The number of aliphatic hydroxyl groups excluding tert-OH is 2. The quantitative estimate of drug-likeness (QED) is 0.483. The molecule has 1 rings (SSSR count). The molecule has 0 saturated carbocycles. The fraction of sp³-hybridized carbons (Fsp3) is 1.00. The van der Waals surface area contributed by atoms with Crippen LogP contribution in [0.15, 0.2) is 0 Å². The van der Waals surface area contributed by atoms with Gasteiger partial charge in [-0.25, -0.2) is 13.1 Å². The zero-order chi connectivity index (χ0) is 14.1. The molecule has 0 bridgehead atoms. The first-order chi connectivity index (χ1) is 8.11. The molecular formula is C10H21NO6S. The van der Waals surface area contributed by atoms with Gasteiger partial charge in [-0.2, -0.15) is 0 Å². The Bertz CT molecular complexity index is 384. The fourth-order valence-electron chi connectivity index (χ4n) is 1.69. The maximum atomic E-state index is 11.6. The van der Waals surface area contributed by atoms with Gasteiger partial charge in [0.25, 0.3) is 0 Å². The average Bonchev–Trinajstić information content (AvgIpc) is 2.29. The highest BCUT2D eigenvalue weighted by molar-refractivity contribution is 7.90.